The highest BCUT2D eigenvalue weighted by Gasteiger charge is 2.24. The first-order valence-corrected chi connectivity index (χ1v) is 13.5. The van der Waals surface area contributed by atoms with Gasteiger partial charge < -0.3 is 20.5 Å². The van der Waals surface area contributed by atoms with Crippen LogP contribution < -0.4 is 10.6 Å². The van der Waals surface area contributed by atoms with Gasteiger partial charge in [0.05, 0.1) is 4.88 Å². The summed E-state index contributed by atoms with van der Waals surface area (Å²) >= 11 is 1.36. The minimum Gasteiger partial charge on any atom is -0.480 e. The smallest absolute Gasteiger partial charge is 0.407 e. The van der Waals surface area contributed by atoms with Crippen molar-refractivity contribution in [3.05, 3.63) is 92.7 Å². The van der Waals surface area contributed by atoms with Crippen LogP contribution in [0.1, 0.15) is 76.3 Å². The lowest BCUT2D eigenvalue weighted by Crippen LogP contribution is -2.41. The Morgan fingerprint density at radius 1 is 0.895 bits per heavy atom. The first-order valence-electron chi connectivity index (χ1n) is 12.7. The van der Waals surface area contributed by atoms with Crippen molar-refractivity contribution >= 4 is 29.3 Å². The van der Waals surface area contributed by atoms with Gasteiger partial charge in [-0.25, -0.2) is 9.59 Å². The van der Waals surface area contributed by atoms with Crippen LogP contribution in [0.5, 0.6) is 0 Å². The second-order valence-electron chi connectivity index (χ2n) is 10.4. The number of hydrogen-bond acceptors (Lipinski definition) is 5. The van der Waals surface area contributed by atoms with Gasteiger partial charge in [-0.05, 0) is 70.7 Å². The molecule has 7 nitrogen and oxygen atoms in total. The molecule has 0 unspecified atom stereocenters. The largest absolute Gasteiger partial charge is 0.480 e. The molecule has 1 heterocycles. The molecule has 0 fully saturated rings. The molecule has 1 atom stereocenters. The van der Waals surface area contributed by atoms with Gasteiger partial charge in [0.2, 0.25) is 0 Å². The number of carbonyl (C=O) groups excluding carboxylic acids is 2. The minimum absolute atomic E-state index is 0.0445. The van der Waals surface area contributed by atoms with E-state index in [0.717, 1.165) is 16.0 Å². The van der Waals surface area contributed by atoms with Crippen molar-refractivity contribution in [2.75, 3.05) is 6.54 Å². The summed E-state index contributed by atoms with van der Waals surface area (Å²) in [6.45, 7) is 9.63. The molecule has 2 amide bonds. The molecular formula is C30H36N2O5S. The van der Waals surface area contributed by atoms with Crippen molar-refractivity contribution in [2.45, 2.75) is 65.0 Å². The Morgan fingerprint density at radius 3 is 1.95 bits per heavy atom. The van der Waals surface area contributed by atoms with Crippen LogP contribution in [-0.2, 0) is 9.53 Å². The number of amides is 2. The van der Waals surface area contributed by atoms with Crippen LogP contribution in [-0.4, -0.2) is 41.3 Å². The molecule has 0 aliphatic heterocycles. The lowest BCUT2D eigenvalue weighted by molar-refractivity contribution is -0.139. The number of hydrogen-bond donors (Lipinski definition) is 3. The zero-order valence-electron chi connectivity index (χ0n) is 22.5. The molecule has 202 valence electrons. The van der Waals surface area contributed by atoms with E-state index in [-0.39, 0.29) is 18.9 Å². The Hall–Kier alpha value is -3.65. The van der Waals surface area contributed by atoms with Gasteiger partial charge in [0.25, 0.3) is 5.91 Å². The second kappa shape index (κ2) is 12.7. The number of nitrogens with one attached hydrogen (secondary N) is 2. The predicted octanol–water partition coefficient (Wildman–Crippen LogP) is 6.03. The molecule has 3 aromatic rings. The van der Waals surface area contributed by atoms with Crippen molar-refractivity contribution in [1.82, 2.24) is 10.6 Å². The van der Waals surface area contributed by atoms with Crippen LogP contribution in [0.25, 0.3) is 0 Å². The number of carboxylic acid groups (broad SMARTS) is 1. The maximum Gasteiger partial charge on any atom is 0.407 e. The third-order valence-corrected chi connectivity index (χ3v) is 7.05. The van der Waals surface area contributed by atoms with Crippen LogP contribution in [0.3, 0.4) is 0 Å². The number of aliphatic carboxylic acids is 1. The summed E-state index contributed by atoms with van der Waals surface area (Å²) < 4.78 is 5.18. The van der Waals surface area contributed by atoms with Gasteiger partial charge in [-0.1, -0.05) is 59.7 Å². The zero-order valence-corrected chi connectivity index (χ0v) is 23.4. The van der Waals surface area contributed by atoms with E-state index in [9.17, 15) is 19.5 Å². The average Bonchev–Trinajstić information content (AvgIpc) is 3.32. The molecule has 3 N–H and O–H groups in total. The van der Waals surface area contributed by atoms with E-state index in [1.54, 1.807) is 26.8 Å². The normalized spacial score (nSPS) is 12.2. The van der Waals surface area contributed by atoms with E-state index in [4.69, 9.17) is 4.74 Å². The summed E-state index contributed by atoms with van der Waals surface area (Å²) in [7, 11) is 0. The number of aryl methyl sites for hydroxylation is 2. The van der Waals surface area contributed by atoms with E-state index in [2.05, 4.69) is 59.2 Å². The molecule has 0 saturated carbocycles. The summed E-state index contributed by atoms with van der Waals surface area (Å²) in [5.74, 6) is -1.60. The molecule has 38 heavy (non-hydrogen) atoms. The number of ether oxygens (including phenoxy) is 1. The predicted molar refractivity (Wildman–Crippen MR) is 150 cm³/mol. The van der Waals surface area contributed by atoms with E-state index in [0.29, 0.717) is 11.3 Å². The molecule has 2 aromatic carbocycles. The fourth-order valence-electron chi connectivity index (χ4n) is 3.97. The van der Waals surface area contributed by atoms with Crippen molar-refractivity contribution in [3.63, 3.8) is 0 Å². The molecule has 0 spiro atoms. The highest BCUT2D eigenvalue weighted by atomic mass is 32.1. The maximum atomic E-state index is 13.0. The molecule has 0 bridgehead atoms. The zero-order chi connectivity index (χ0) is 27.9. The fraction of sp³-hybridized carbons (Fsp3) is 0.367. The summed E-state index contributed by atoms with van der Waals surface area (Å²) in [4.78, 5) is 38.0. The Bertz CT molecular complexity index is 1200. The van der Waals surface area contributed by atoms with E-state index < -0.39 is 29.6 Å². The average molecular weight is 537 g/mol. The molecule has 0 saturated heterocycles. The Morgan fingerprint density at radius 2 is 1.45 bits per heavy atom. The molecular weight excluding hydrogens is 500 g/mol. The number of carbonyl (C=O) groups is 3. The van der Waals surface area contributed by atoms with E-state index in [1.807, 2.05) is 19.9 Å². The van der Waals surface area contributed by atoms with Gasteiger partial charge in [0.1, 0.15) is 11.6 Å². The minimum atomic E-state index is -1.12. The number of carboxylic acids is 1. The summed E-state index contributed by atoms with van der Waals surface area (Å²) in [5.41, 5.74) is 3.97. The van der Waals surface area contributed by atoms with E-state index >= 15 is 0 Å². The summed E-state index contributed by atoms with van der Waals surface area (Å²) in [6.07, 6.45) is -0.0178. The van der Waals surface area contributed by atoms with Gasteiger partial charge in [0, 0.05) is 17.3 Å². The first kappa shape index (κ1) is 28.9. The third-order valence-electron chi connectivity index (χ3n) is 5.90. The Balaban J connectivity index is 1.69. The van der Waals surface area contributed by atoms with Crippen LogP contribution in [0.4, 0.5) is 4.79 Å². The van der Waals surface area contributed by atoms with Crippen molar-refractivity contribution in [2.24, 2.45) is 0 Å². The number of rotatable bonds is 10. The number of benzene rings is 2. The van der Waals surface area contributed by atoms with Crippen LogP contribution in [0.15, 0.2) is 60.7 Å². The van der Waals surface area contributed by atoms with Crippen molar-refractivity contribution in [1.29, 1.82) is 0 Å². The van der Waals surface area contributed by atoms with Gasteiger partial charge >= 0.3 is 12.1 Å². The first-order chi connectivity index (χ1) is 17.9. The monoisotopic (exact) mass is 536 g/mol. The standard InChI is InChI=1S/C30H36N2O5S/c1-19-8-12-21(13-9-19)26(22-14-10-20(2)11-15-22)24-16-17-25(38-24)27(33)32-23(28(34)35)7-6-18-31-29(36)37-30(3,4)5/h8-17,23,26H,6-7,18H2,1-5H3,(H,31,36)(H,32,33)(H,34,35)/t23-/m0/s1. The lowest BCUT2D eigenvalue weighted by atomic mass is 9.89. The quantitative estimate of drug-likeness (QED) is 0.274. The maximum absolute atomic E-state index is 13.0. The topological polar surface area (TPSA) is 105 Å². The summed E-state index contributed by atoms with van der Waals surface area (Å²) in [6, 6.07) is 19.3. The number of thiophene rings is 1. The number of alkyl carbamates (subject to hydrolysis) is 1. The van der Waals surface area contributed by atoms with Crippen LogP contribution >= 0.6 is 11.3 Å². The van der Waals surface area contributed by atoms with Crippen molar-refractivity contribution in [3.8, 4) is 0 Å². The summed E-state index contributed by atoms with van der Waals surface area (Å²) in [5, 5.41) is 14.9. The SMILES string of the molecule is Cc1ccc(C(c2ccc(C)cc2)c2ccc(C(=O)N[C@@H](CCCNC(=O)OC(C)(C)C)C(=O)O)s2)cc1. The van der Waals surface area contributed by atoms with Gasteiger partial charge in [-0.3, -0.25) is 4.79 Å². The molecule has 3 rings (SSSR count). The fourth-order valence-corrected chi connectivity index (χ4v) is 5.03. The second-order valence-corrected chi connectivity index (χ2v) is 11.5. The lowest BCUT2D eigenvalue weighted by Gasteiger charge is -2.20. The Labute approximate surface area is 228 Å². The Kier molecular flexibility index (Phi) is 9.69. The highest BCUT2D eigenvalue weighted by Crippen LogP contribution is 2.36. The molecule has 0 aliphatic carbocycles. The van der Waals surface area contributed by atoms with Gasteiger partial charge in [-0.2, -0.15) is 0 Å². The molecule has 8 heteroatoms. The molecule has 0 radical (unpaired) electrons. The van der Waals surface area contributed by atoms with Crippen LogP contribution in [0.2, 0.25) is 0 Å². The highest BCUT2D eigenvalue weighted by molar-refractivity contribution is 7.14. The van der Waals surface area contributed by atoms with Crippen molar-refractivity contribution < 1.29 is 24.2 Å². The third kappa shape index (κ3) is 8.45. The van der Waals surface area contributed by atoms with E-state index in [1.165, 1.54) is 22.5 Å². The van der Waals surface area contributed by atoms with Gasteiger partial charge in [-0.15, -0.1) is 11.3 Å². The van der Waals surface area contributed by atoms with Gasteiger partial charge in [0.15, 0.2) is 0 Å². The molecule has 1 aromatic heterocycles. The van der Waals surface area contributed by atoms with Crippen LogP contribution in [0, 0.1) is 13.8 Å². The molecule has 0 aliphatic rings.